The van der Waals surface area contributed by atoms with Crippen LogP contribution < -0.4 is 0 Å². The second-order valence-electron chi connectivity index (χ2n) is 5.12. The molecule has 1 aromatic carbocycles. The van der Waals surface area contributed by atoms with Crippen LogP contribution in [0.3, 0.4) is 0 Å². The van der Waals surface area contributed by atoms with Crippen molar-refractivity contribution >= 4 is 5.78 Å². The van der Waals surface area contributed by atoms with Crippen LogP contribution in [-0.2, 0) is 9.47 Å². The topological polar surface area (TPSA) is 55.8 Å². The summed E-state index contributed by atoms with van der Waals surface area (Å²) in [5, 5.41) is 9.91. The van der Waals surface area contributed by atoms with Crippen molar-refractivity contribution in [1.82, 2.24) is 0 Å². The van der Waals surface area contributed by atoms with Gasteiger partial charge in [0, 0.05) is 18.6 Å². The van der Waals surface area contributed by atoms with Gasteiger partial charge in [-0.25, -0.2) is 0 Å². The fourth-order valence-corrected chi connectivity index (χ4v) is 2.03. The van der Waals surface area contributed by atoms with E-state index in [0.29, 0.717) is 18.6 Å². The number of methoxy groups -OCH3 is 1. The van der Waals surface area contributed by atoms with Gasteiger partial charge in [0.2, 0.25) is 0 Å². The molecule has 1 rings (SSSR count). The molecule has 112 valence electrons. The van der Waals surface area contributed by atoms with Crippen LogP contribution in [0.5, 0.6) is 0 Å². The van der Waals surface area contributed by atoms with Gasteiger partial charge >= 0.3 is 0 Å². The van der Waals surface area contributed by atoms with Gasteiger partial charge in [-0.1, -0.05) is 37.3 Å². The van der Waals surface area contributed by atoms with Crippen molar-refractivity contribution in [2.24, 2.45) is 5.92 Å². The second kappa shape index (κ2) is 8.84. The number of carbonyl (C=O) groups excluding carboxylic acids is 1. The van der Waals surface area contributed by atoms with E-state index in [9.17, 15) is 9.90 Å². The van der Waals surface area contributed by atoms with E-state index in [0.717, 1.165) is 0 Å². The molecular formula is C16H24O4. The molecule has 0 amide bonds. The highest BCUT2D eigenvalue weighted by Gasteiger charge is 2.19. The lowest BCUT2D eigenvalue weighted by molar-refractivity contribution is -0.0360. The molecule has 0 bridgehead atoms. The van der Waals surface area contributed by atoms with E-state index in [-0.39, 0.29) is 24.4 Å². The zero-order valence-electron chi connectivity index (χ0n) is 12.4. The summed E-state index contributed by atoms with van der Waals surface area (Å²) in [7, 11) is 1.61. The van der Waals surface area contributed by atoms with Gasteiger partial charge in [-0.2, -0.15) is 0 Å². The fraction of sp³-hybridized carbons (Fsp3) is 0.562. The summed E-state index contributed by atoms with van der Waals surface area (Å²) in [6.07, 6.45) is -0.306. The summed E-state index contributed by atoms with van der Waals surface area (Å²) in [5.41, 5.74) is 0.681. The average Bonchev–Trinajstić information content (AvgIpc) is 2.45. The first-order valence-electron chi connectivity index (χ1n) is 6.92. The summed E-state index contributed by atoms with van der Waals surface area (Å²) >= 11 is 0. The van der Waals surface area contributed by atoms with Crippen molar-refractivity contribution < 1.29 is 19.4 Å². The molecule has 3 atom stereocenters. The molecule has 0 heterocycles. The number of carbonyl (C=O) groups is 1. The van der Waals surface area contributed by atoms with Crippen LogP contribution in [0.1, 0.15) is 30.6 Å². The van der Waals surface area contributed by atoms with E-state index >= 15 is 0 Å². The minimum atomic E-state index is -0.642. The first kappa shape index (κ1) is 16.8. The largest absolute Gasteiger partial charge is 0.391 e. The van der Waals surface area contributed by atoms with Crippen molar-refractivity contribution in [2.45, 2.75) is 32.5 Å². The Morgan fingerprint density at radius 2 is 1.85 bits per heavy atom. The molecule has 1 N–H and O–H groups in total. The number of aliphatic hydroxyl groups excluding tert-OH is 1. The minimum absolute atomic E-state index is 0.0505. The van der Waals surface area contributed by atoms with E-state index < -0.39 is 6.10 Å². The van der Waals surface area contributed by atoms with Gasteiger partial charge in [0.1, 0.15) is 0 Å². The number of benzene rings is 1. The second-order valence-corrected chi connectivity index (χ2v) is 5.12. The van der Waals surface area contributed by atoms with E-state index in [4.69, 9.17) is 9.47 Å². The Hall–Kier alpha value is -1.23. The van der Waals surface area contributed by atoms with E-state index in [1.165, 1.54) is 0 Å². The van der Waals surface area contributed by atoms with Gasteiger partial charge < -0.3 is 14.6 Å². The molecule has 0 saturated heterocycles. The van der Waals surface area contributed by atoms with Crippen molar-refractivity contribution in [3.63, 3.8) is 0 Å². The van der Waals surface area contributed by atoms with Crippen molar-refractivity contribution in [2.75, 3.05) is 20.3 Å². The molecule has 0 aliphatic rings. The van der Waals surface area contributed by atoms with Crippen LogP contribution >= 0.6 is 0 Å². The Balaban J connectivity index is 2.38. The molecule has 0 aliphatic carbocycles. The smallest absolute Gasteiger partial charge is 0.165 e. The molecule has 1 aromatic rings. The monoisotopic (exact) mass is 280 g/mol. The standard InChI is InChI=1S/C16H24O4/c1-12(16(18)14-7-5-4-6-8-14)9-15(17)11-20-13(2)10-19-3/h4-8,12-13,15,17H,9-11H2,1-3H3. The highest BCUT2D eigenvalue weighted by Crippen LogP contribution is 2.14. The summed E-state index contributed by atoms with van der Waals surface area (Å²) in [6, 6.07) is 9.14. The molecule has 3 unspecified atom stereocenters. The lowest BCUT2D eigenvalue weighted by atomic mass is 9.94. The SMILES string of the molecule is COCC(C)OCC(O)CC(C)C(=O)c1ccccc1. The summed E-state index contributed by atoms with van der Waals surface area (Å²) in [5.74, 6) is -0.177. The number of rotatable bonds is 9. The number of hydrogen-bond acceptors (Lipinski definition) is 4. The molecule has 0 aliphatic heterocycles. The minimum Gasteiger partial charge on any atom is -0.391 e. The van der Waals surface area contributed by atoms with E-state index in [1.807, 2.05) is 32.0 Å². The van der Waals surface area contributed by atoms with Crippen LogP contribution in [0.4, 0.5) is 0 Å². The predicted octanol–water partition coefficient (Wildman–Crippen LogP) is 2.31. The Bertz CT molecular complexity index is 391. The van der Waals surface area contributed by atoms with Gasteiger partial charge in [0.05, 0.1) is 25.4 Å². The third-order valence-corrected chi connectivity index (χ3v) is 3.11. The van der Waals surface area contributed by atoms with Crippen molar-refractivity contribution in [3.05, 3.63) is 35.9 Å². The lowest BCUT2D eigenvalue weighted by Crippen LogP contribution is -2.26. The van der Waals surface area contributed by atoms with Crippen LogP contribution in [0.2, 0.25) is 0 Å². The van der Waals surface area contributed by atoms with Crippen LogP contribution in [0.25, 0.3) is 0 Å². The highest BCUT2D eigenvalue weighted by atomic mass is 16.5. The number of ketones is 1. The molecule has 20 heavy (non-hydrogen) atoms. The molecule has 0 saturated carbocycles. The van der Waals surface area contributed by atoms with E-state index in [2.05, 4.69) is 0 Å². The highest BCUT2D eigenvalue weighted by molar-refractivity contribution is 5.97. The normalized spacial score (nSPS) is 15.6. The average molecular weight is 280 g/mol. The van der Waals surface area contributed by atoms with Gasteiger partial charge in [-0.05, 0) is 13.3 Å². The Morgan fingerprint density at radius 1 is 1.20 bits per heavy atom. The molecule has 0 fully saturated rings. The summed E-state index contributed by atoms with van der Waals surface area (Å²) in [6.45, 7) is 4.42. The Kier molecular flexibility index (Phi) is 7.44. The van der Waals surface area contributed by atoms with Crippen LogP contribution in [0.15, 0.2) is 30.3 Å². The lowest BCUT2D eigenvalue weighted by Gasteiger charge is -2.18. The first-order valence-corrected chi connectivity index (χ1v) is 6.92. The Morgan fingerprint density at radius 3 is 2.45 bits per heavy atom. The third kappa shape index (κ3) is 5.82. The summed E-state index contributed by atoms with van der Waals surface area (Å²) in [4.78, 5) is 12.1. The van der Waals surface area contributed by atoms with Crippen molar-refractivity contribution in [3.8, 4) is 0 Å². The molecule has 0 aromatic heterocycles. The van der Waals surface area contributed by atoms with E-state index in [1.54, 1.807) is 19.2 Å². The number of ether oxygens (including phenoxy) is 2. The quantitative estimate of drug-likeness (QED) is 0.705. The maximum Gasteiger partial charge on any atom is 0.165 e. The maximum absolute atomic E-state index is 12.1. The maximum atomic E-state index is 12.1. The van der Waals surface area contributed by atoms with Crippen LogP contribution in [-0.4, -0.2) is 43.4 Å². The summed E-state index contributed by atoms with van der Waals surface area (Å²) < 4.78 is 10.4. The van der Waals surface area contributed by atoms with Crippen LogP contribution in [0, 0.1) is 5.92 Å². The first-order chi connectivity index (χ1) is 9.54. The number of hydrogen-bond donors (Lipinski definition) is 1. The zero-order chi connectivity index (χ0) is 15.0. The Labute approximate surface area is 120 Å². The van der Waals surface area contributed by atoms with Gasteiger partial charge in [0.15, 0.2) is 5.78 Å². The third-order valence-electron chi connectivity index (χ3n) is 3.11. The zero-order valence-corrected chi connectivity index (χ0v) is 12.4. The predicted molar refractivity (Wildman–Crippen MR) is 77.9 cm³/mol. The van der Waals surface area contributed by atoms with Gasteiger partial charge in [0.25, 0.3) is 0 Å². The fourth-order valence-electron chi connectivity index (χ4n) is 2.03. The molecule has 0 radical (unpaired) electrons. The van der Waals surface area contributed by atoms with Crippen molar-refractivity contribution in [1.29, 1.82) is 0 Å². The van der Waals surface area contributed by atoms with Gasteiger partial charge in [-0.15, -0.1) is 0 Å². The molecule has 4 heteroatoms. The van der Waals surface area contributed by atoms with Gasteiger partial charge in [-0.3, -0.25) is 4.79 Å². The molecule has 4 nitrogen and oxygen atoms in total. The molecule has 0 spiro atoms. The number of aliphatic hydroxyl groups is 1. The molecular weight excluding hydrogens is 256 g/mol. The number of Topliss-reactive ketones (excluding diaryl/α,β-unsaturated/α-hetero) is 1.